The quantitative estimate of drug-likeness (QED) is 0.767. The Morgan fingerprint density at radius 1 is 1.48 bits per heavy atom. The van der Waals surface area contributed by atoms with Crippen LogP contribution in [0.25, 0.3) is 0 Å². The Morgan fingerprint density at radius 2 is 2.14 bits per heavy atom. The van der Waals surface area contributed by atoms with Gasteiger partial charge in [0.1, 0.15) is 11.6 Å². The molecule has 116 valence electrons. The lowest BCUT2D eigenvalue weighted by Gasteiger charge is -2.17. The Balaban J connectivity index is 2.56. The van der Waals surface area contributed by atoms with Gasteiger partial charge < -0.3 is 19.9 Å². The first-order valence-electron chi connectivity index (χ1n) is 6.00. The number of carboxylic acid groups (broad SMARTS) is 1. The number of carboxylic acids is 1. The zero-order chi connectivity index (χ0) is 16.0. The SMILES string of the molecule is COC(CNC(=O)C(C)Oc1ccc(F)cc1Br)C(=O)O. The van der Waals surface area contributed by atoms with Crippen LogP contribution in [-0.2, 0) is 14.3 Å². The Bertz CT molecular complexity index is 525. The molecule has 1 rings (SSSR count). The molecule has 0 heterocycles. The van der Waals surface area contributed by atoms with Gasteiger partial charge in [-0.25, -0.2) is 9.18 Å². The number of halogens is 2. The highest BCUT2D eigenvalue weighted by Crippen LogP contribution is 2.26. The van der Waals surface area contributed by atoms with E-state index in [2.05, 4.69) is 26.0 Å². The first kappa shape index (κ1) is 17.4. The smallest absolute Gasteiger partial charge is 0.334 e. The van der Waals surface area contributed by atoms with E-state index >= 15 is 0 Å². The number of methoxy groups -OCH3 is 1. The largest absolute Gasteiger partial charge is 0.480 e. The zero-order valence-electron chi connectivity index (χ0n) is 11.4. The molecule has 1 amide bonds. The van der Waals surface area contributed by atoms with Crippen molar-refractivity contribution in [2.24, 2.45) is 0 Å². The summed E-state index contributed by atoms with van der Waals surface area (Å²) >= 11 is 3.12. The lowest BCUT2D eigenvalue weighted by atomic mass is 10.3. The number of hydrogen-bond acceptors (Lipinski definition) is 4. The van der Waals surface area contributed by atoms with E-state index in [1.807, 2.05) is 0 Å². The summed E-state index contributed by atoms with van der Waals surface area (Å²) in [4.78, 5) is 22.5. The molecular formula is C13H15BrFNO5. The average Bonchev–Trinajstić information content (AvgIpc) is 2.41. The van der Waals surface area contributed by atoms with E-state index in [4.69, 9.17) is 9.84 Å². The molecule has 6 nitrogen and oxygen atoms in total. The molecule has 0 radical (unpaired) electrons. The summed E-state index contributed by atoms with van der Waals surface area (Å²) in [5.74, 6) is -1.81. The van der Waals surface area contributed by atoms with Crippen LogP contribution in [0.2, 0.25) is 0 Å². The van der Waals surface area contributed by atoms with Crippen LogP contribution in [0.1, 0.15) is 6.92 Å². The molecule has 2 unspecified atom stereocenters. The molecule has 0 saturated heterocycles. The van der Waals surface area contributed by atoms with Crippen LogP contribution in [0.4, 0.5) is 4.39 Å². The summed E-state index contributed by atoms with van der Waals surface area (Å²) in [5.41, 5.74) is 0. The summed E-state index contributed by atoms with van der Waals surface area (Å²) in [6.45, 7) is 1.32. The van der Waals surface area contributed by atoms with Gasteiger partial charge >= 0.3 is 5.97 Å². The van der Waals surface area contributed by atoms with Crippen LogP contribution in [0.15, 0.2) is 22.7 Å². The van der Waals surface area contributed by atoms with Gasteiger partial charge in [-0.05, 0) is 41.1 Å². The maximum Gasteiger partial charge on any atom is 0.334 e. The second-order valence-corrected chi connectivity index (χ2v) is 5.00. The van der Waals surface area contributed by atoms with E-state index in [-0.39, 0.29) is 6.54 Å². The maximum atomic E-state index is 12.9. The van der Waals surface area contributed by atoms with Gasteiger partial charge in [0.05, 0.1) is 11.0 Å². The molecule has 0 bridgehead atoms. The number of hydrogen-bond donors (Lipinski definition) is 2. The van der Waals surface area contributed by atoms with Gasteiger partial charge in [-0.2, -0.15) is 0 Å². The van der Waals surface area contributed by atoms with Gasteiger partial charge in [0.15, 0.2) is 12.2 Å². The lowest BCUT2D eigenvalue weighted by Crippen LogP contribution is -2.43. The Kier molecular flexibility index (Phi) is 6.57. The third kappa shape index (κ3) is 5.31. The first-order chi connectivity index (χ1) is 9.85. The molecular weight excluding hydrogens is 349 g/mol. The van der Waals surface area contributed by atoms with Crippen LogP contribution in [-0.4, -0.2) is 42.8 Å². The Hall–Kier alpha value is -1.67. The van der Waals surface area contributed by atoms with Crippen molar-refractivity contribution < 1.29 is 28.6 Å². The zero-order valence-corrected chi connectivity index (χ0v) is 13.0. The molecule has 21 heavy (non-hydrogen) atoms. The van der Waals surface area contributed by atoms with E-state index < -0.39 is 29.9 Å². The second kappa shape index (κ2) is 7.94. The third-order valence-corrected chi connectivity index (χ3v) is 3.21. The highest BCUT2D eigenvalue weighted by atomic mass is 79.9. The molecule has 0 fully saturated rings. The van der Waals surface area contributed by atoms with Crippen molar-refractivity contribution in [2.45, 2.75) is 19.1 Å². The fourth-order valence-corrected chi connectivity index (χ4v) is 1.87. The lowest BCUT2D eigenvalue weighted by molar-refractivity contribution is -0.148. The molecule has 0 aromatic heterocycles. The minimum absolute atomic E-state index is 0.178. The number of nitrogens with one attached hydrogen (secondary N) is 1. The molecule has 1 aromatic rings. The summed E-state index contributed by atoms with van der Waals surface area (Å²) in [7, 11) is 1.24. The summed E-state index contributed by atoms with van der Waals surface area (Å²) in [6, 6.07) is 3.81. The third-order valence-electron chi connectivity index (χ3n) is 2.59. The summed E-state index contributed by atoms with van der Waals surface area (Å²) in [6.07, 6.45) is -2.00. The van der Waals surface area contributed by atoms with E-state index in [0.717, 1.165) is 0 Å². The molecule has 2 atom stereocenters. The fraction of sp³-hybridized carbons (Fsp3) is 0.385. The van der Waals surface area contributed by atoms with Gasteiger partial charge in [-0.3, -0.25) is 4.79 Å². The number of carbonyl (C=O) groups excluding carboxylic acids is 1. The normalized spacial score (nSPS) is 13.3. The minimum Gasteiger partial charge on any atom is -0.480 e. The number of benzene rings is 1. The molecule has 0 saturated carbocycles. The molecule has 8 heteroatoms. The van der Waals surface area contributed by atoms with Crippen molar-refractivity contribution in [3.8, 4) is 5.75 Å². The predicted molar refractivity (Wildman–Crippen MR) is 75.6 cm³/mol. The van der Waals surface area contributed by atoms with Crippen molar-refractivity contribution in [3.05, 3.63) is 28.5 Å². The van der Waals surface area contributed by atoms with Crippen LogP contribution in [0, 0.1) is 5.82 Å². The van der Waals surface area contributed by atoms with Crippen molar-refractivity contribution in [3.63, 3.8) is 0 Å². The highest BCUT2D eigenvalue weighted by molar-refractivity contribution is 9.10. The van der Waals surface area contributed by atoms with Crippen molar-refractivity contribution in [2.75, 3.05) is 13.7 Å². The van der Waals surface area contributed by atoms with Gasteiger partial charge in [-0.1, -0.05) is 0 Å². The van der Waals surface area contributed by atoms with Gasteiger partial charge in [0.2, 0.25) is 0 Å². The van der Waals surface area contributed by atoms with Gasteiger partial charge in [0.25, 0.3) is 5.91 Å². The molecule has 0 aliphatic carbocycles. The van der Waals surface area contributed by atoms with Crippen molar-refractivity contribution >= 4 is 27.8 Å². The molecule has 2 N–H and O–H groups in total. The molecule has 1 aromatic carbocycles. The number of amides is 1. The standard InChI is InChI=1S/C13H15BrFNO5/c1-7(12(17)16-6-11(20-2)13(18)19)21-10-4-3-8(15)5-9(10)14/h3-5,7,11H,6H2,1-2H3,(H,16,17)(H,18,19). The maximum absolute atomic E-state index is 12.9. The van der Waals surface area contributed by atoms with Gasteiger partial charge in [-0.15, -0.1) is 0 Å². The van der Waals surface area contributed by atoms with Crippen LogP contribution in [0.5, 0.6) is 5.75 Å². The number of ether oxygens (including phenoxy) is 2. The van der Waals surface area contributed by atoms with Crippen LogP contribution < -0.4 is 10.1 Å². The van der Waals surface area contributed by atoms with Crippen molar-refractivity contribution in [1.82, 2.24) is 5.32 Å². The topological polar surface area (TPSA) is 84.9 Å². The summed E-state index contributed by atoms with van der Waals surface area (Å²) in [5, 5.41) is 11.2. The van der Waals surface area contributed by atoms with Crippen LogP contribution in [0.3, 0.4) is 0 Å². The van der Waals surface area contributed by atoms with E-state index in [9.17, 15) is 14.0 Å². The monoisotopic (exact) mass is 363 g/mol. The highest BCUT2D eigenvalue weighted by Gasteiger charge is 2.21. The number of aliphatic carboxylic acids is 1. The van der Waals surface area contributed by atoms with Crippen molar-refractivity contribution in [1.29, 1.82) is 0 Å². The molecule has 0 aliphatic rings. The predicted octanol–water partition coefficient (Wildman–Crippen LogP) is 1.57. The number of carbonyl (C=O) groups is 2. The average molecular weight is 364 g/mol. The van der Waals surface area contributed by atoms with Gasteiger partial charge in [0, 0.05) is 7.11 Å². The van der Waals surface area contributed by atoms with E-state index in [1.54, 1.807) is 0 Å². The molecule has 0 spiro atoms. The number of rotatable bonds is 7. The van der Waals surface area contributed by atoms with E-state index in [0.29, 0.717) is 10.2 Å². The second-order valence-electron chi connectivity index (χ2n) is 4.14. The summed E-state index contributed by atoms with van der Waals surface area (Å²) < 4.78 is 23.4. The Labute approximate surface area is 129 Å². The van der Waals surface area contributed by atoms with Crippen LogP contribution >= 0.6 is 15.9 Å². The minimum atomic E-state index is -1.17. The molecule has 0 aliphatic heterocycles. The fourth-order valence-electron chi connectivity index (χ4n) is 1.42. The van der Waals surface area contributed by atoms with E-state index in [1.165, 1.54) is 32.2 Å². The first-order valence-corrected chi connectivity index (χ1v) is 6.79. The Morgan fingerprint density at radius 3 is 2.67 bits per heavy atom.